The van der Waals surface area contributed by atoms with Crippen molar-refractivity contribution in [2.24, 2.45) is 0 Å². The predicted molar refractivity (Wildman–Crippen MR) is 67.4 cm³/mol. The molecule has 1 atom stereocenters. The fraction of sp³-hybridized carbons (Fsp3) is 0.462. The summed E-state index contributed by atoms with van der Waals surface area (Å²) >= 11 is 6.26. The third-order valence-corrected chi connectivity index (χ3v) is 4.10. The highest BCUT2D eigenvalue weighted by molar-refractivity contribution is 6.31. The first-order valence-corrected chi connectivity index (χ1v) is 6.41. The highest BCUT2D eigenvalue weighted by Crippen LogP contribution is 2.43. The van der Waals surface area contributed by atoms with Crippen LogP contribution in [0, 0.1) is 0 Å². The number of hydrogen-bond donors (Lipinski definition) is 1. The highest BCUT2D eigenvalue weighted by Gasteiger charge is 2.34. The molecule has 5 heteroatoms. The number of amides is 1. The van der Waals surface area contributed by atoms with E-state index in [1.807, 2.05) is 6.07 Å². The molecule has 0 spiro atoms. The Morgan fingerprint density at radius 3 is 3.00 bits per heavy atom. The number of halogens is 1. The van der Waals surface area contributed by atoms with Gasteiger partial charge in [-0.15, -0.1) is 0 Å². The Morgan fingerprint density at radius 1 is 1.50 bits per heavy atom. The minimum absolute atomic E-state index is 0.456. The lowest BCUT2D eigenvalue weighted by atomic mass is 10.0. The number of rotatable bonds is 1. The molecule has 0 radical (unpaired) electrons. The van der Waals surface area contributed by atoms with E-state index < -0.39 is 12.3 Å². The van der Waals surface area contributed by atoms with Gasteiger partial charge in [-0.1, -0.05) is 11.6 Å². The van der Waals surface area contributed by atoms with Crippen LogP contribution in [-0.4, -0.2) is 29.4 Å². The molecule has 1 aliphatic heterocycles. The summed E-state index contributed by atoms with van der Waals surface area (Å²) in [5.74, 6) is 0.827. The quantitative estimate of drug-likeness (QED) is 0.851. The molecule has 2 aliphatic rings. The highest BCUT2D eigenvalue weighted by atomic mass is 35.5. The summed E-state index contributed by atoms with van der Waals surface area (Å²) in [7, 11) is 1.52. The van der Waals surface area contributed by atoms with Crippen LogP contribution in [0.25, 0.3) is 0 Å². The Balaban J connectivity index is 1.98. The molecule has 0 bridgehead atoms. The predicted octanol–water partition coefficient (Wildman–Crippen LogP) is 2.70. The van der Waals surface area contributed by atoms with Gasteiger partial charge in [0.15, 0.2) is 6.23 Å². The molecular weight excluding hydrogens is 254 g/mol. The maximum absolute atomic E-state index is 11.0. The van der Waals surface area contributed by atoms with E-state index >= 15 is 0 Å². The average Bonchev–Trinajstić information content (AvgIpc) is 2.92. The van der Waals surface area contributed by atoms with Gasteiger partial charge < -0.3 is 9.84 Å². The van der Waals surface area contributed by atoms with Crippen LogP contribution in [0.5, 0.6) is 5.75 Å². The topological polar surface area (TPSA) is 49.8 Å². The Bertz CT molecular complexity index is 529. The molecule has 0 saturated carbocycles. The monoisotopic (exact) mass is 267 g/mol. The number of aryl methyl sites for hydroxylation is 1. The number of fused-ring (bicyclic) bond motifs is 3. The summed E-state index contributed by atoms with van der Waals surface area (Å²) in [6.45, 7) is 0. The maximum atomic E-state index is 11.0. The van der Waals surface area contributed by atoms with Crippen LogP contribution in [0.1, 0.15) is 23.1 Å². The SMILES string of the molecule is CN(C(=O)O)C1Cc2c(Cl)cc3c(c2O1)CCC3. The normalized spacial score (nSPS) is 20.2. The van der Waals surface area contributed by atoms with Gasteiger partial charge in [0.05, 0.1) is 0 Å². The van der Waals surface area contributed by atoms with Crippen molar-refractivity contribution in [3.8, 4) is 5.75 Å². The van der Waals surface area contributed by atoms with E-state index in [0.29, 0.717) is 11.4 Å². The third kappa shape index (κ3) is 1.63. The van der Waals surface area contributed by atoms with Gasteiger partial charge in [-0.05, 0) is 36.5 Å². The second-order valence-corrected chi connectivity index (χ2v) is 5.23. The lowest BCUT2D eigenvalue weighted by molar-refractivity contribution is 0.0603. The van der Waals surface area contributed by atoms with Crippen LogP contribution >= 0.6 is 11.6 Å². The Labute approximate surface area is 110 Å². The first-order valence-electron chi connectivity index (χ1n) is 6.03. The van der Waals surface area contributed by atoms with E-state index in [2.05, 4.69) is 0 Å². The average molecular weight is 268 g/mol. The van der Waals surface area contributed by atoms with Crippen molar-refractivity contribution in [1.82, 2.24) is 4.90 Å². The van der Waals surface area contributed by atoms with E-state index in [1.165, 1.54) is 23.1 Å². The van der Waals surface area contributed by atoms with Gasteiger partial charge in [-0.3, -0.25) is 4.90 Å². The van der Waals surface area contributed by atoms with Gasteiger partial charge in [-0.2, -0.15) is 0 Å². The molecule has 1 heterocycles. The molecule has 96 valence electrons. The van der Waals surface area contributed by atoms with E-state index in [4.69, 9.17) is 21.4 Å². The van der Waals surface area contributed by atoms with Crippen molar-refractivity contribution < 1.29 is 14.6 Å². The molecule has 0 saturated heterocycles. The first kappa shape index (κ1) is 11.7. The largest absolute Gasteiger partial charge is 0.469 e. The van der Waals surface area contributed by atoms with E-state index in [0.717, 1.165) is 30.6 Å². The first-order chi connectivity index (χ1) is 8.58. The molecular formula is C13H14ClNO3. The Kier molecular flexibility index (Phi) is 2.63. The lowest BCUT2D eigenvalue weighted by Crippen LogP contribution is -2.39. The zero-order valence-electron chi connectivity index (χ0n) is 10.1. The number of nitrogens with zero attached hydrogens (tertiary/aromatic N) is 1. The number of carboxylic acid groups (broad SMARTS) is 1. The van der Waals surface area contributed by atoms with Crippen LogP contribution < -0.4 is 4.74 Å². The molecule has 1 unspecified atom stereocenters. The van der Waals surface area contributed by atoms with Gasteiger partial charge in [0, 0.05) is 24.1 Å². The van der Waals surface area contributed by atoms with Gasteiger partial charge in [0.2, 0.25) is 0 Å². The Morgan fingerprint density at radius 2 is 2.28 bits per heavy atom. The second kappa shape index (κ2) is 4.05. The summed E-state index contributed by atoms with van der Waals surface area (Å²) in [5, 5.41) is 9.70. The third-order valence-electron chi connectivity index (χ3n) is 3.76. The second-order valence-electron chi connectivity index (χ2n) is 4.83. The lowest BCUT2D eigenvalue weighted by Gasteiger charge is -2.20. The van der Waals surface area contributed by atoms with Crippen molar-refractivity contribution >= 4 is 17.7 Å². The summed E-state index contributed by atoms with van der Waals surface area (Å²) in [6.07, 6.45) is 2.24. The van der Waals surface area contributed by atoms with Crippen LogP contribution in [0.15, 0.2) is 6.07 Å². The summed E-state index contributed by atoms with van der Waals surface area (Å²) in [5.41, 5.74) is 3.42. The van der Waals surface area contributed by atoms with Crippen molar-refractivity contribution in [1.29, 1.82) is 0 Å². The summed E-state index contributed by atoms with van der Waals surface area (Å²) in [4.78, 5) is 12.2. The minimum Gasteiger partial charge on any atom is -0.469 e. The van der Waals surface area contributed by atoms with Gasteiger partial charge in [0.25, 0.3) is 0 Å². The molecule has 1 aliphatic carbocycles. The van der Waals surface area contributed by atoms with Crippen molar-refractivity contribution in [3.05, 3.63) is 27.8 Å². The summed E-state index contributed by atoms with van der Waals surface area (Å²) < 4.78 is 5.81. The van der Waals surface area contributed by atoms with Gasteiger partial charge >= 0.3 is 6.09 Å². The van der Waals surface area contributed by atoms with Crippen LogP contribution in [-0.2, 0) is 19.3 Å². The number of ether oxygens (including phenoxy) is 1. The van der Waals surface area contributed by atoms with Crippen LogP contribution in [0.3, 0.4) is 0 Å². The van der Waals surface area contributed by atoms with Crippen molar-refractivity contribution in [2.75, 3.05) is 7.05 Å². The van der Waals surface area contributed by atoms with E-state index in [1.54, 1.807) is 0 Å². The minimum atomic E-state index is -0.986. The summed E-state index contributed by atoms with van der Waals surface area (Å²) in [6, 6.07) is 2.01. The van der Waals surface area contributed by atoms with Crippen molar-refractivity contribution in [3.63, 3.8) is 0 Å². The number of benzene rings is 1. The smallest absolute Gasteiger partial charge is 0.409 e. The molecule has 3 rings (SSSR count). The van der Waals surface area contributed by atoms with Gasteiger partial charge in [-0.25, -0.2) is 4.79 Å². The zero-order valence-corrected chi connectivity index (χ0v) is 10.8. The van der Waals surface area contributed by atoms with Gasteiger partial charge in [0.1, 0.15) is 5.75 Å². The number of hydrogen-bond acceptors (Lipinski definition) is 2. The van der Waals surface area contributed by atoms with Crippen LogP contribution in [0.4, 0.5) is 4.79 Å². The fourth-order valence-electron chi connectivity index (χ4n) is 2.74. The molecule has 0 fully saturated rings. The molecule has 0 aromatic heterocycles. The maximum Gasteiger partial charge on any atom is 0.409 e. The van der Waals surface area contributed by atoms with Crippen molar-refractivity contribution in [2.45, 2.75) is 31.9 Å². The van der Waals surface area contributed by atoms with E-state index in [9.17, 15) is 4.79 Å². The molecule has 1 aromatic carbocycles. The molecule has 18 heavy (non-hydrogen) atoms. The zero-order chi connectivity index (χ0) is 12.9. The molecule has 1 amide bonds. The molecule has 1 N–H and O–H groups in total. The number of likely N-dealkylation sites (N-methyl/N-ethyl adjacent to an activating group) is 1. The fourth-order valence-corrected chi connectivity index (χ4v) is 3.04. The van der Waals surface area contributed by atoms with E-state index in [-0.39, 0.29) is 0 Å². The number of carbonyl (C=O) groups is 1. The molecule has 4 nitrogen and oxygen atoms in total. The van der Waals surface area contributed by atoms with Crippen LogP contribution in [0.2, 0.25) is 5.02 Å². The Hall–Kier alpha value is -1.42. The molecule has 1 aromatic rings. The standard InChI is InChI=1S/C13H14ClNO3/c1-15(13(16)17)11-6-9-10(14)5-7-3-2-4-8(7)12(9)18-11/h5,11H,2-4,6H2,1H3,(H,16,17).